The van der Waals surface area contributed by atoms with Crippen LogP contribution in [-0.4, -0.2) is 90.6 Å². The van der Waals surface area contributed by atoms with Crippen LogP contribution in [0.2, 0.25) is 0 Å². The number of nitrogens with zero attached hydrogens (tertiary/aromatic N) is 3. The van der Waals surface area contributed by atoms with Crippen molar-refractivity contribution in [1.82, 2.24) is 15.1 Å². The van der Waals surface area contributed by atoms with E-state index in [9.17, 15) is 19.5 Å². The van der Waals surface area contributed by atoms with Crippen LogP contribution >= 0.6 is 0 Å². The second-order valence-corrected chi connectivity index (χ2v) is 15.5. The Hall–Kier alpha value is -4.11. The van der Waals surface area contributed by atoms with Gasteiger partial charge in [0.1, 0.15) is 17.8 Å². The first kappa shape index (κ1) is 32.1. The monoisotopic (exact) mass is 664 g/mol. The van der Waals surface area contributed by atoms with Gasteiger partial charge in [-0.3, -0.25) is 14.4 Å². The summed E-state index contributed by atoms with van der Waals surface area (Å²) in [6, 6.07) is 20.6. The number of fused-ring (bicyclic) bond motifs is 1. The van der Waals surface area contributed by atoms with Gasteiger partial charge in [-0.1, -0.05) is 54.6 Å². The van der Waals surface area contributed by atoms with E-state index in [2.05, 4.69) is 34.5 Å². The highest BCUT2D eigenvalue weighted by atomic mass is 16.5. The molecule has 2 aliphatic heterocycles. The van der Waals surface area contributed by atoms with Gasteiger partial charge in [0.15, 0.2) is 0 Å². The van der Waals surface area contributed by atoms with Gasteiger partial charge in [0.2, 0.25) is 17.7 Å². The number of ether oxygens (including phenoxy) is 1. The SMILES string of the molecule is COc1ccccc1N1CCN(C(=O)C(Cc2ccc3ccccc3c2)NC(=O)C2C[C@@H](O)CN2C(=O)C23CC4CC(CC(C4)C2)C3)CC1. The molecule has 0 spiro atoms. The summed E-state index contributed by atoms with van der Waals surface area (Å²) in [4.78, 5) is 48.7. The van der Waals surface area contributed by atoms with Crippen molar-refractivity contribution in [2.45, 2.75) is 69.6 Å². The Bertz CT molecular complexity index is 1700. The summed E-state index contributed by atoms with van der Waals surface area (Å²) in [5.41, 5.74) is 1.55. The number of amides is 3. The lowest BCUT2D eigenvalue weighted by Gasteiger charge is -2.56. The van der Waals surface area contributed by atoms with E-state index in [-0.39, 0.29) is 30.7 Å². The van der Waals surface area contributed by atoms with Crippen molar-refractivity contribution in [3.63, 3.8) is 0 Å². The molecule has 2 saturated heterocycles. The molecule has 3 atom stereocenters. The molecule has 3 amide bonds. The molecule has 49 heavy (non-hydrogen) atoms. The molecule has 4 aliphatic carbocycles. The molecule has 9 nitrogen and oxygen atoms in total. The number of para-hydroxylation sites is 2. The van der Waals surface area contributed by atoms with Gasteiger partial charge in [-0.05, 0) is 84.7 Å². The van der Waals surface area contributed by atoms with E-state index >= 15 is 0 Å². The second-order valence-electron chi connectivity index (χ2n) is 15.5. The maximum Gasteiger partial charge on any atom is 0.245 e. The molecule has 3 aromatic carbocycles. The van der Waals surface area contributed by atoms with Gasteiger partial charge in [0.25, 0.3) is 0 Å². The first-order valence-corrected chi connectivity index (χ1v) is 18.2. The van der Waals surface area contributed by atoms with Crippen LogP contribution in [0.15, 0.2) is 66.7 Å². The summed E-state index contributed by atoms with van der Waals surface area (Å²) in [7, 11) is 1.67. The number of rotatable bonds is 8. The zero-order valence-corrected chi connectivity index (χ0v) is 28.4. The molecule has 4 saturated carbocycles. The summed E-state index contributed by atoms with van der Waals surface area (Å²) in [5.74, 6) is 2.18. The molecule has 258 valence electrons. The van der Waals surface area contributed by atoms with Gasteiger partial charge in [-0.25, -0.2) is 0 Å². The number of likely N-dealkylation sites (tertiary alicyclic amines) is 1. The number of aliphatic hydroxyl groups excluding tert-OH is 1. The number of piperazine rings is 1. The fraction of sp³-hybridized carbons (Fsp3) is 0.525. The number of hydrogen-bond acceptors (Lipinski definition) is 6. The lowest BCUT2D eigenvalue weighted by atomic mass is 9.49. The standard InChI is InChI=1S/C40H48N4O5/c1-49-36-9-5-4-8-34(36)42-12-14-43(15-13-42)38(47)33(20-26-10-11-30-6-2-3-7-31(30)19-26)41-37(46)35-21-32(45)25-44(35)39(48)40-22-27-16-28(23-40)18-29(17-27)24-40/h2-11,19,27-29,32-33,35,45H,12-18,20-25H2,1H3,(H,41,46)/t27?,28?,29?,32-,33?,35?,40?/m1/s1. The molecular formula is C40H48N4O5. The number of β-amino-alcohol motifs (C(OH)–C–C–N with tert-alkyl or cyclic N) is 1. The Morgan fingerprint density at radius 3 is 2.20 bits per heavy atom. The summed E-state index contributed by atoms with van der Waals surface area (Å²) in [6.07, 6.45) is 6.17. The third kappa shape index (κ3) is 6.15. The van der Waals surface area contributed by atoms with Gasteiger partial charge in [0.05, 0.1) is 24.3 Å². The molecule has 0 aromatic heterocycles. The molecule has 0 radical (unpaired) electrons. The highest BCUT2D eigenvalue weighted by Crippen LogP contribution is 2.60. The van der Waals surface area contributed by atoms with Crippen molar-refractivity contribution < 1.29 is 24.2 Å². The summed E-state index contributed by atoms with van der Waals surface area (Å²) in [6.45, 7) is 2.49. The predicted octanol–water partition coefficient (Wildman–Crippen LogP) is 4.40. The minimum atomic E-state index is -0.805. The quantitative estimate of drug-likeness (QED) is 0.370. The number of anilines is 1. The minimum absolute atomic E-state index is 0.0492. The second kappa shape index (κ2) is 13.0. The Morgan fingerprint density at radius 1 is 0.857 bits per heavy atom. The molecule has 9 heteroatoms. The summed E-state index contributed by atoms with van der Waals surface area (Å²) in [5, 5.41) is 16.1. The maximum absolute atomic E-state index is 14.4. The maximum atomic E-state index is 14.4. The van der Waals surface area contributed by atoms with E-state index in [1.54, 1.807) is 12.0 Å². The zero-order chi connectivity index (χ0) is 33.7. The number of aliphatic hydroxyl groups is 1. The van der Waals surface area contributed by atoms with Crippen LogP contribution in [0.4, 0.5) is 5.69 Å². The van der Waals surface area contributed by atoms with E-state index in [0.717, 1.165) is 47.0 Å². The van der Waals surface area contributed by atoms with E-state index in [4.69, 9.17) is 4.74 Å². The lowest BCUT2D eigenvalue weighted by molar-refractivity contribution is -0.160. The van der Waals surface area contributed by atoms with Crippen molar-refractivity contribution in [3.8, 4) is 5.75 Å². The normalized spacial score (nSPS) is 29.7. The van der Waals surface area contributed by atoms with Crippen molar-refractivity contribution in [2.75, 3.05) is 44.7 Å². The van der Waals surface area contributed by atoms with Crippen LogP contribution in [0.5, 0.6) is 5.75 Å². The van der Waals surface area contributed by atoms with Crippen molar-refractivity contribution in [2.24, 2.45) is 23.2 Å². The zero-order valence-electron chi connectivity index (χ0n) is 28.4. The third-order valence-electron chi connectivity index (χ3n) is 12.2. The highest BCUT2D eigenvalue weighted by molar-refractivity contribution is 5.94. The largest absolute Gasteiger partial charge is 0.495 e. The van der Waals surface area contributed by atoms with Gasteiger partial charge < -0.3 is 29.9 Å². The third-order valence-corrected chi connectivity index (χ3v) is 12.2. The van der Waals surface area contributed by atoms with Gasteiger partial charge in [-0.15, -0.1) is 0 Å². The number of carbonyl (C=O) groups is 3. The van der Waals surface area contributed by atoms with Crippen LogP contribution in [0.1, 0.15) is 50.5 Å². The molecule has 4 bridgehead atoms. The average Bonchev–Trinajstić information content (AvgIpc) is 3.51. The Labute approximate surface area is 288 Å². The van der Waals surface area contributed by atoms with Crippen LogP contribution in [0.25, 0.3) is 10.8 Å². The van der Waals surface area contributed by atoms with E-state index < -0.39 is 23.6 Å². The van der Waals surface area contributed by atoms with Gasteiger partial charge >= 0.3 is 0 Å². The molecule has 2 heterocycles. The number of methoxy groups -OCH3 is 1. The van der Waals surface area contributed by atoms with E-state index in [1.807, 2.05) is 47.4 Å². The Kier molecular flexibility index (Phi) is 8.50. The molecule has 9 rings (SSSR count). The topological polar surface area (TPSA) is 102 Å². The first-order valence-electron chi connectivity index (χ1n) is 18.2. The number of hydrogen-bond donors (Lipinski definition) is 2. The Balaban J connectivity index is 1.02. The minimum Gasteiger partial charge on any atom is -0.495 e. The fourth-order valence-corrected chi connectivity index (χ4v) is 10.3. The highest BCUT2D eigenvalue weighted by Gasteiger charge is 2.57. The number of carbonyl (C=O) groups excluding carboxylic acids is 3. The van der Waals surface area contributed by atoms with Crippen LogP contribution < -0.4 is 15.0 Å². The summed E-state index contributed by atoms with van der Waals surface area (Å²) >= 11 is 0. The van der Waals surface area contributed by atoms with E-state index in [0.29, 0.717) is 50.4 Å². The van der Waals surface area contributed by atoms with Crippen molar-refractivity contribution >= 4 is 34.2 Å². The van der Waals surface area contributed by atoms with E-state index in [1.165, 1.54) is 19.3 Å². The fourth-order valence-electron chi connectivity index (χ4n) is 10.3. The Morgan fingerprint density at radius 2 is 1.51 bits per heavy atom. The molecule has 2 N–H and O–H groups in total. The lowest BCUT2D eigenvalue weighted by Crippen LogP contribution is -2.60. The number of nitrogens with one attached hydrogen (secondary N) is 1. The molecule has 3 aromatic rings. The molecular weight excluding hydrogens is 616 g/mol. The number of benzene rings is 3. The predicted molar refractivity (Wildman–Crippen MR) is 188 cm³/mol. The summed E-state index contributed by atoms with van der Waals surface area (Å²) < 4.78 is 5.59. The van der Waals surface area contributed by atoms with Gasteiger partial charge in [-0.2, -0.15) is 0 Å². The molecule has 2 unspecified atom stereocenters. The first-order chi connectivity index (χ1) is 23.8. The van der Waals surface area contributed by atoms with Crippen LogP contribution in [0, 0.1) is 23.2 Å². The van der Waals surface area contributed by atoms with Gasteiger partial charge in [0, 0.05) is 45.6 Å². The van der Waals surface area contributed by atoms with Crippen LogP contribution in [-0.2, 0) is 20.8 Å². The van der Waals surface area contributed by atoms with Crippen molar-refractivity contribution in [3.05, 3.63) is 72.3 Å². The molecule has 6 aliphatic rings. The van der Waals surface area contributed by atoms with Crippen LogP contribution in [0.3, 0.4) is 0 Å². The molecule has 6 fully saturated rings. The smallest absolute Gasteiger partial charge is 0.245 e. The average molecular weight is 665 g/mol. The van der Waals surface area contributed by atoms with Crippen molar-refractivity contribution in [1.29, 1.82) is 0 Å².